The second-order valence-electron chi connectivity index (χ2n) is 7.40. The Bertz CT molecular complexity index is 393. The molecule has 22 heavy (non-hydrogen) atoms. The van der Waals surface area contributed by atoms with Gasteiger partial charge >= 0.3 is 6.09 Å². The summed E-state index contributed by atoms with van der Waals surface area (Å²) in [5.74, 6) is 1.55. The molecule has 2 amide bonds. The predicted octanol–water partition coefficient (Wildman–Crippen LogP) is 2.90. The number of amides is 2. The Hall–Kier alpha value is -1.26. The quantitative estimate of drug-likeness (QED) is 0.849. The first-order chi connectivity index (χ1) is 10.2. The molecule has 0 aromatic carbocycles. The van der Waals surface area contributed by atoms with Gasteiger partial charge in [-0.05, 0) is 30.1 Å². The van der Waals surface area contributed by atoms with E-state index in [4.69, 9.17) is 0 Å². The molecule has 0 bridgehead atoms. The largest absolute Gasteiger partial charge is 0.453 e. The number of carbonyl (C=O) groups is 2. The third-order valence-electron chi connectivity index (χ3n) is 4.76. The summed E-state index contributed by atoms with van der Waals surface area (Å²) in [4.78, 5) is 26.5. The average Bonchev–Trinajstić information content (AvgIpc) is 2.88. The first kappa shape index (κ1) is 18.8. The maximum absolute atomic E-state index is 13.0. The summed E-state index contributed by atoms with van der Waals surface area (Å²) in [6.07, 6.45) is 0.497. The third kappa shape index (κ3) is 4.37. The van der Waals surface area contributed by atoms with E-state index in [-0.39, 0.29) is 17.9 Å². The van der Waals surface area contributed by atoms with Gasteiger partial charge in [-0.2, -0.15) is 0 Å². The number of nitrogens with zero attached hydrogens (tertiary/aromatic N) is 1. The molecule has 1 rings (SSSR count). The summed E-state index contributed by atoms with van der Waals surface area (Å²) in [6.45, 7) is 13.4. The van der Waals surface area contributed by atoms with Crippen molar-refractivity contribution in [3.05, 3.63) is 0 Å². The van der Waals surface area contributed by atoms with Crippen LogP contribution in [0.15, 0.2) is 0 Å². The van der Waals surface area contributed by atoms with Crippen LogP contribution in [0.5, 0.6) is 0 Å². The van der Waals surface area contributed by atoms with Crippen LogP contribution in [0.2, 0.25) is 0 Å². The number of rotatable bonds is 5. The van der Waals surface area contributed by atoms with E-state index in [0.717, 1.165) is 13.0 Å². The second-order valence-corrected chi connectivity index (χ2v) is 7.40. The first-order valence-corrected chi connectivity index (χ1v) is 8.33. The van der Waals surface area contributed by atoms with E-state index < -0.39 is 12.1 Å². The van der Waals surface area contributed by atoms with Crippen molar-refractivity contribution in [1.29, 1.82) is 0 Å². The molecule has 0 radical (unpaired) electrons. The lowest BCUT2D eigenvalue weighted by molar-refractivity contribution is -0.136. The molecular weight excluding hydrogens is 280 g/mol. The average molecular weight is 312 g/mol. The van der Waals surface area contributed by atoms with Crippen molar-refractivity contribution < 1.29 is 14.3 Å². The van der Waals surface area contributed by atoms with E-state index in [1.165, 1.54) is 7.11 Å². The van der Waals surface area contributed by atoms with Crippen LogP contribution in [-0.4, -0.2) is 42.6 Å². The van der Waals surface area contributed by atoms with E-state index >= 15 is 0 Å². The van der Waals surface area contributed by atoms with Gasteiger partial charge in [-0.1, -0.05) is 41.5 Å². The number of likely N-dealkylation sites (tertiary alicyclic amines) is 1. The van der Waals surface area contributed by atoms with Gasteiger partial charge in [0.15, 0.2) is 0 Å². The molecule has 1 heterocycles. The van der Waals surface area contributed by atoms with Gasteiger partial charge in [0.2, 0.25) is 5.91 Å². The minimum absolute atomic E-state index is 0.0160. The Morgan fingerprint density at radius 3 is 2.09 bits per heavy atom. The Kier molecular flexibility index (Phi) is 6.69. The van der Waals surface area contributed by atoms with Gasteiger partial charge < -0.3 is 15.0 Å². The molecule has 0 aromatic heterocycles. The van der Waals surface area contributed by atoms with E-state index in [1.54, 1.807) is 0 Å². The Labute approximate surface area is 134 Å². The molecule has 1 aliphatic heterocycles. The maximum Gasteiger partial charge on any atom is 0.407 e. The van der Waals surface area contributed by atoms with Crippen LogP contribution < -0.4 is 5.32 Å². The van der Waals surface area contributed by atoms with Gasteiger partial charge in [0.25, 0.3) is 0 Å². The highest BCUT2D eigenvalue weighted by molar-refractivity contribution is 5.86. The third-order valence-corrected chi connectivity index (χ3v) is 4.76. The van der Waals surface area contributed by atoms with Crippen molar-refractivity contribution in [1.82, 2.24) is 10.2 Å². The Balaban J connectivity index is 2.92. The normalized spacial score (nSPS) is 23.3. The van der Waals surface area contributed by atoms with Gasteiger partial charge in [-0.25, -0.2) is 4.79 Å². The molecule has 5 heteroatoms. The first-order valence-electron chi connectivity index (χ1n) is 8.33. The maximum atomic E-state index is 13.0. The lowest BCUT2D eigenvalue weighted by Crippen LogP contribution is -2.53. The van der Waals surface area contributed by atoms with Crippen molar-refractivity contribution in [2.45, 2.75) is 60.0 Å². The van der Waals surface area contributed by atoms with Crippen LogP contribution in [0.4, 0.5) is 4.79 Å². The lowest BCUT2D eigenvalue weighted by atomic mass is 9.90. The van der Waals surface area contributed by atoms with Crippen molar-refractivity contribution in [3.63, 3.8) is 0 Å². The molecule has 0 aromatic rings. The highest BCUT2D eigenvalue weighted by Crippen LogP contribution is 2.33. The predicted molar refractivity (Wildman–Crippen MR) is 87.5 cm³/mol. The summed E-state index contributed by atoms with van der Waals surface area (Å²) in [7, 11) is 1.32. The van der Waals surface area contributed by atoms with Gasteiger partial charge in [-0.3, -0.25) is 4.79 Å². The van der Waals surface area contributed by atoms with Gasteiger partial charge in [0.05, 0.1) is 7.11 Å². The fraction of sp³-hybridized carbons (Fsp3) is 0.882. The highest BCUT2D eigenvalue weighted by Gasteiger charge is 2.41. The smallest absolute Gasteiger partial charge is 0.407 e. The summed E-state index contributed by atoms with van der Waals surface area (Å²) in [5, 5.41) is 2.69. The minimum atomic E-state index is -0.548. The number of methoxy groups -OCH3 is 1. The van der Waals surface area contributed by atoms with E-state index in [1.807, 2.05) is 18.7 Å². The van der Waals surface area contributed by atoms with E-state index in [2.05, 4.69) is 37.7 Å². The van der Waals surface area contributed by atoms with Crippen LogP contribution in [0.1, 0.15) is 48.0 Å². The fourth-order valence-corrected chi connectivity index (χ4v) is 3.15. The van der Waals surface area contributed by atoms with Crippen molar-refractivity contribution >= 4 is 12.0 Å². The van der Waals surface area contributed by atoms with E-state index in [0.29, 0.717) is 17.8 Å². The van der Waals surface area contributed by atoms with Gasteiger partial charge in [0, 0.05) is 12.6 Å². The van der Waals surface area contributed by atoms with Crippen LogP contribution >= 0.6 is 0 Å². The summed E-state index contributed by atoms with van der Waals surface area (Å²) in [5.41, 5.74) is 0. The topological polar surface area (TPSA) is 58.6 Å². The molecule has 0 aliphatic carbocycles. The molecule has 1 fully saturated rings. The summed E-state index contributed by atoms with van der Waals surface area (Å²) >= 11 is 0. The molecular formula is C17H32N2O3. The van der Waals surface area contributed by atoms with Crippen LogP contribution in [-0.2, 0) is 9.53 Å². The fourth-order valence-electron chi connectivity index (χ4n) is 3.15. The van der Waals surface area contributed by atoms with Crippen LogP contribution in [0.25, 0.3) is 0 Å². The highest BCUT2D eigenvalue weighted by atomic mass is 16.5. The van der Waals surface area contributed by atoms with Crippen LogP contribution in [0, 0.1) is 23.7 Å². The molecule has 0 saturated carbocycles. The molecule has 1 aliphatic rings. The Morgan fingerprint density at radius 2 is 1.68 bits per heavy atom. The number of alkyl carbamates (subject to hydrolysis) is 1. The SMILES string of the molecule is COC(=O)N[C@H](C(=O)N1C[C@@H](C(C)C)C[C@H]1C(C)C)C(C)C. The molecule has 3 atom stereocenters. The second kappa shape index (κ2) is 7.84. The summed E-state index contributed by atoms with van der Waals surface area (Å²) < 4.78 is 4.66. The molecule has 0 spiro atoms. The Morgan fingerprint density at radius 1 is 1.09 bits per heavy atom. The van der Waals surface area contributed by atoms with Crippen molar-refractivity contribution in [2.75, 3.05) is 13.7 Å². The number of hydrogen-bond donors (Lipinski definition) is 1. The van der Waals surface area contributed by atoms with Crippen molar-refractivity contribution in [2.24, 2.45) is 23.7 Å². The standard InChI is InChI=1S/C17H32N2O3/c1-10(2)13-8-14(11(3)4)19(9-13)16(20)15(12(5)6)18-17(21)22-7/h10-15H,8-9H2,1-7H3,(H,18,21)/t13-,14-,15-/m0/s1. The summed E-state index contributed by atoms with van der Waals surface area (Å²) in [6, 6.07) is -0.278. The van der Waals surface area contributed by atoms with Crippen molar-refractivity contribution in [3.8, 4) is 0 Å². The zero-order valence-corrected chi connectivity index (χ0v) is 15.1. The van der Waals surface area contributed by atoms with E-state index in [9.17, 15) is 9.59 Å². The zero-order chi connectivity index (χ0) is 17.0. The monoisotopic (exact) mass is 312 g/mol. The lowest BCUT2D eigenvalue weighted by Gasteiger charge is -2.32. The molecule has 128 valence electrons. The molecule has 5 nitrogen and oxygen atoms in total. The minimum Gasteiger partial charge on any atom is -0.453 e. The van der Waals surface area contributed by atoms with Gasteiger partial charge in [0.1, 0.15) is 6.04 Å². The number of ether oxygens (including phenoxy) is 1. The zero-order valence-electron chi connectivity index (χ0n) is 15.1. The number of carbonyl (C=O) groups excluding carboxylic acids is 2. The number of hydrogen-bond acceptors (Lipinski definition) is 3. The molecule has 1 N–H and O–H groups in total. The molecule has 1 saturated heterocycles. The van der Waals surface area contributed by atoms with Gasteiger partial charge in [-0.15, -0.1) is 0 Å². The number of nitrogens with one attached hydrogen (secondary N) is 1. The van der Waals surface area contributed by atoms with Crippen LogP contribution in [0.3, 0.4) is 0 Å². The molecule has 0 unspecified atom stereocenters.